The molecule has 0 bridgehead atoms. The molecule has 3 heteroatoms. The van der Waals surface area contributed by atoms with E-state index in [4.69, 9.17) is 9.47 Å². The summed E-state index contributed by atoms with van der Waals surface area (Å²) >= 11 is 0. The fraction of sp³-hybridized carbons (Fsp3) is 0.929. The van der Waals surface area contributed by atoms with Crippen LogP contribution in [0.3, 0.4) is 0 Å². The molecule has 17 heavy (non-hydrogen) atoms. The zero-order chi connectivity index (χ0) is 12.5. The molecule has 0 radical (unpaired) electrons. The van der Waals surface area contributed by atoms with E-state index in [1.807, 2.05) is 13.8 Å². The van der Waals surface area contributed by atoms with Gasteiger partial charge < -0.3 is 9.47 Å². The number of esters is 1. The Hall–Kier alpha value is -0.570. The molecule has 0 spiro atoms. The van der Waals surface area contributed by atoms with Gasteiger partial charge in [0.25, 0.3) is 0 Å². The average molecular weight is 242 g/mol. The van der Waals surface area contributed by atoms with Crippen LogP contribution in [0.5, 0.6) is 0 Å². The Morgan fingerprint density at radius 2 is 1.76 bits per heavy atom. The molecule has 100 valence electrons. The summed E-state index contributed by atoms with van der Waals surface area (Å²) in [4.78, 5) is 11.2. The van der Waals surface area contributed by atoms with Crippen LogP contribution in [0, 0.1) is 0 Å². The third-order valence-electron chi connectivity index (χ3n) is 2.93. The van der Waals surface area contributed by atoms with E-state index in [1.165, 1.54) is 32.1 Å². The summed E-state index contributed by atoms with van der Waals surface area (Å²) in [7, 11) is 0. The maximum absolute atomic E-state index is 11.2. The summed E-state index contributed by atoms with van der Waals surface area (Å²) in [5, 5.41) is 0. The monoisotopic (exact) mass is 242 g/mol. The fourth-order valence-corrected chi connectivity index (χ4v) is 1.90. The Balaban J connectivity index is 1.75. The van der Waals surface area contributed by atoms with Crippen LogP contribution in [0.15, 0.2) is 0 Å². The van der Waals surface area contributed by atoms with Gasteiger partial charge in [-0.05, 0) is 26.7 Å². The molecule has 1 aliphatic rings. The second-order valence-corrected chi connectivity index (χ2v) is 5.15. The molecule has 0 N–H and O–H groups in total. The second-order valence-electron chi connectivity index (χ2n) is 5.15. The van der Waals surface area contributed by atoms with E-state index in [0.29, 0.717) is 12.5 Å². The predicted octanol–water partition coefficient (Wildman–Crippen LogP) is 3.46. The van der Waals surface area contributed by atoms with E-state index in [1.54, 1.807) is 0 Å². The first-order valence-electron chi connectivity index (χ1n) is 6.99. The second kappa shape index (κ2) is 8.51. The molecule has 1 atom stereocenters. The lowest BCUT2D eigenvalue weighted by atomic mass is 10.1. The van der Waals surface area contributed by atoms with E-state index in [-0.39, 0.29) is 12.1 Å². The van der Waals surface area contributed by atoms with Crippen LogP contribution in [0.1, 0.15) is 65.2 Å². The first-order valence-corrected chi connectivity index (χ1v) is 6.99. The van der Waals surface area contributed by atoms with E-state index in [2.05, 4.69) is 0 Å². The lowest BCUT2D eigenvalue weighted by Gasteiger charge is -2.07. The van der Waals surface area contributed by atoms with Gasteiger partial charge in [0.05, 0.1) is 18.8 Å². The number of carbonyl (C=O) groups excluding carboxylic acids is 1. The van der Waals surface area contributed by atoms with E-state index >= 15 is 0 Å². The van der Waals surface area contributed by atoms with E-state index in [9.17, 15) is 4.79 Å². The average Bonchev–Trinajstić information content (AvgIpc) is 3.04. The number of ether oxygens (including phenoxy) is 2. The van der Waals surface area contributed by atoms with Crippen LogP contribution in [0.4, 0.5) is 0 Å². The van der Waals surface area contributed by atoms with Crippen molar-refractivity contribution < 1.29 is 14.3 Å². The number of epoxide rings is 1. The van der Waals surface area contributed by atoms with Gasteiger partial charge in [-0.1, -0.05) is 32.1 Å². The molecule has 0 aromatic rings. The zero-order valence-electron chi connectivity index (χ0n) is 11.2. The van der Waals surface area contributed by atoms with Crippen LogP contribution in [0.2, 0.25) is 0 Å². The summed E-state index contributed by atoms with van der Waals surface area (Å²) in [6.07, 6.45) is 9.65. The number of carbonyl (C=O) groups is 1. The zero-order valence-corrected chi connectivity index (χ0v) is 11.2. The van der Waals surface area contributed by atoms with Crippen LogP contribution in [0.25, 0.3) is 0 Å². The Kier molecular flexibility index (Phi) is 7.25. The largest absolute Gasteiger partial charge is 0.463 e. The summed E-state index contributed by atoms with van der Waals surface area (Å²) in [5.41, 5.74) is 0. The number of hydrogen-bond acceptors (Lipinski definition) is 3. The standard InChI is InChI=1S/C14H26O3/c1-12(2)17-14(15)10-8-6-4-3-5-7-9-13-11-16-13/h12-13H,3-11H2,1-2H3. The van der Waals surface area contributed by atoms with Gasteiger partial charge in [0, 0.05) is 6.42 Å². The Bertz CT molecular complexity index is 210. The van der Waals surface area contributed by atoms with Gasteiger partial charge in [0.2, 0.25) is 0 Å². The molecule has 0 amide bonds. The van der Waals surface area contributed by atoms with Crippen molar-refractivity contribution >= 4 is 5.97 Å². The van der Waals surface area contributed by atoms with Crippen molar-refractivity contribution in [3.8, 4) is 0 Å². The van der Waals surface area contributed by atoms with Crippen LogP contribution < -0.4 is 0 Å². The summed E-state index contributed by atoms with van der Waals surface area (Å²) in [6.45, 7) is 4.76. The topological polar surface area (TPSA) is 38.8 Å². The molecule has 0 aromatic heterocycles. The summed E-state index contributed by atoms with van der Waals surface area (Å²) in [5.74, 6) is -0.0501. The number of rotatable bonds is 10. The molecule has 1 fully saturated rings. The molecule has 0 saturated carbocycles. The van der Waals surface area contributed by atoms with Gasteiger partial charge in [0.1, 0.15) is 0 Å². The number of unbranched alkanes of at least 4 members (excludes halogenated alkanes) is 5. The van der Waals surface area contributed by atoms with Gasteiger partial charge >= 0.3 is 5.97 Å². The summed E-state index contributed by atoms with van der Waals surface area (Å²) in [6, 6.07) is 0. The molecular formula is C14H26O3. The molecule has 0 aliphatic carbocycles. The van der Waals surface area contributed by atoms with Crippen molar-refractivity contribution in [3.63, 3.8) is 0 Å². The minimum atomic E-state index is -0.0501. The highest BCUT2D eigenvalue weighted by molar-refractivity contribution is 5.69. The van der Waals surface area contributed by atoms with Crippen molar-refractivity contribution in [3.05, 3.63) is 0 Å². The smallest absolute Gasteiger partial charge is 0.306 e. The van der Waals surface area contributed by atoms with Gasteiger partial charge in [0.15, 0.2) is 0 Å². The lowest BCUT2D eigenvalue weighted by molar-refractivity contribution is -0.147. The van der Waals surface area contributed by atoms with Crippen LogP contribution in [-0.2, 0) is 14.3 Å². The van der Waals surface area contributed by atoms with Crippen molar-refractivity contribution in [1.82, 2.24) is 0 Å². The molecule has 1 aliphatic heterocycles. The first-order chi connectivity index (χ1) is 8.18. The Labute approximate surface area is 105 Å². The molecule has 1 unspecified atom stereocenters. The van der Waals surface area contributed by atoms with E-state index in [0.717, 1.165) is 19.4 Å². The maximum atomic E-state index is 11.2. The van der Waals surface area contributed by atoms with Gasteiger partial charge in [-0.15, -0.1) is 0 Å². The first kappa shape index (κ1) is 14.5. The molecule has 1 rings (SSSR count). The predicted molar refractivity (Wildman–Crippen MR) is 67.9 cm³/mol. The molecule has 0 aromatic carbocycles. The van der Waals surface area contributed by atoms with Gasteiger partial charge in [-0.3, -0.25) is 4.79 Å². The van der Waals surface area contributed by atoms with Gasteiger partial charge in [-0.25, -0.2) is 0 Å². The highest BCUT2D eigenvalue weighted by Crippen LogP contribution is 2.18. The SMILES string of the molecule is CC(C)OC(=O)CCCCCCCCC1CO1. The third kappa shape index (κ3) is 9.16. The molecule has 1 heterocycles. The van der Waals surface area contributed by atoms with E-state index < -0.39 is 0 Å². The molecule has 1 saturated heterocycles. The highest BCUT2D eigenvalue weighted by atomic mass is 16.6. The minimum absolute atomic E-state index is 0.0205. The Morgan fingerprint density at radius 1 is 1.18 bits per heavy atom. The molecular weight excluding hydrogens is 216 g/mol. The normalized spacial score (nSPS) is 18.4. The maximum Gasteiger partial charge on any atom is 0.306 e. The van der Waals surface area contributed by atoms with Crippen LogP contribution in [-0.4, -0.2) is 24.8 Å². The summed E-state index contributed by atoms with van der Waals surface area (Å²) < 4.78 is 10.2. The minimum Gasteiger partial charge on any atom is -0.463 e. The van der Waals surface area contributed by atoms with Crippen molar-refractivity contribution in [2.75, 3.05) is 6.61 Å². The van der Waals surface area contributed by atoms with Crippen molar-refractivity contribution in [1.29, 1.82) is 0 Å². The van der Waals surface area contributed by atoms with Crippen molar-refractivity contribution in [2.24, 2.45) is 0 Å². The highest BCUT2D eigenvalue weighted by Gasteiger charge is 2.20. The fourth-order valence-electron chi connectivity index (χ4n) is 1.90. The lowest BCUT2D eigenvalue weighted by Crippen LogP contribution is -2.10. The number of hydrogen-bond donors (Lipinski definition) is 0. The third-order valence-corrected chi connectivity index (χ3v) is 2.93. The Morgan fingerprint density at radius 3 is 2.35 bits per heavy atom. The van der Waals surface area contributed by atoms with Crippen molar-refractivity contribution in [2.45, 2.75) is 77.4 Å². The molecule has 3 nitrogen and oxygen atoms in total. The quantitative estimate of drug-likeness (QED) is 0.334. The van der Waals surface area contributed by atoms with Gasteiger partial charge in [-0.2, -0.15) is 0 Å². The van der Waals surface area contributed by atoms with Crippen LogP contribution >= 0.6 is 0 Å².